The number of carbonyl (C=O) groups excluding carboxylic acids is 1. The van der Waals surface area contributed by atoms with E-state index in [0.717, 1.165) is 25.9 Å². The molecule has 23 heavy (non-hydrogen) atoms. The minimum absolute atomic E-state index is 0.119. The van der Waals surface area contributed by atoms with Crippen LogP contribution in [0, 0.1) is 5.92 Å². The number of piperidine rings is 1. The standard InChI is InChI=1S/C15H24N6O2/c1-19-4-2-3-11(10-19)14(23)21-7-5-20(6-8-21)12-9-13(22)18-15(16)17-12/h9,11H,2-8,10H2,1H3,(H3,16,17,18,22)/t11-/m1/s1. The molecule has 2 fully saturated rings. The van der Waals surface area contributed by atoms with Crippen molar-refractivity contribution in [1.82, 2.24) is 19.8 Å². The number of anilines is 2. The van der Waals surface area contributed by atoms with Crippen molar-refractivity contribution in [3.63, 3.8) is 0 Å². The van der Waals surface area contributed by atoms with Gasteiger partial charge in [-0.2, -0.15) is 4.98 Å². The quantitative estimate of drug-likeness (QED) is 0.751. The van der Waals surface area contributed by atoms with Crippen molar-refractivity contribution in [2.24, 2.45) is 5.92 Å². The fourth-order valence-electron chi connectivity index (χ4n) is 3.41. The van der Waals surface area contributed by atoms with Gasteiger partial charge in [-0.15, -0.1) is 0 Å². The first-order chi connectivity index (χ1) is 11.0. The van der Waals surface area contributed by atoms with Crippen molar-refractivity contribution < 1.29 is 4.79 Å². The summed E-state index contributed by atoms with van der Waals surface area (Å²) in [5.74, 6) is 1.08. The van der Waals surface area contributed by atoms with Crippen molar-refractivity contribution in [3.05, 3.63) is 16.4 Å². The Morgan fingerprint density at radius 1 is 1.30 bits per heavy atom. The normalized spacial score (nSPS) is 23.1. The van der Waals surface area contributed by atoms with E-state index in [4.69, 9.17) is 5.73 Å². The van der Waals surface area contributed by atoms with E-state index in [1.807, 2.05) is 9.80 Å². The van der Waals surface area contributed by atoms with Gasteiger partial charge in [0.15, 0.2) is 0 Å². The van der Waals surface area contributed by atoms with Crippen LogP contribution < -0.4 is 16.2 Å². The van der Waals surface area contributed by atoms with Gasteiger partial charge in [-0.3, -0.25) is 14.6 Å². The molecule has 0 radical (unpaired) electrons. The second-order valence-electron chi connectivity index (χ2n) is 6.40. The Bertz CT molecular complexity index is 623. The fourth-order valence-corrected chi connectivity index (χ4v) is 3.41. The second kappa shape index (κ2) is 6.57. The third-order valence-electron chi connectivity index (χ3n) is 4.64. The van der Waals surface area contributed by atoms with Crippen LogP contribution in [-0.2, 0) is 4.79 Å². The minimum Gasteiger partial charge on any atom is -0.369 e. The van der Waals surface area contributed by atoms with Crippen molar-refractivity contribution in [2.75, 3.05) is 56.9 Å². The Labute approximate surface area is 135 Å². The predicted octanol–water partition coefficient (Wildman–Crippen LogP) is -0.657. The number of nitrogen functional groups attached to an aromatic ring is 1. The summed E-state index contributed by atoms with van der Waals surface area (Å²) in [6.07, 6.45) is 2.07. The van der Waals surface area contributed by atoms with Crippen molar-refractivity contribution in [2.45, 2.75) is 12.8 Å². The highest BCUT2D eigenvalue weighted by Crippen LogP contribution is 2.19. The number of nitrogens with one attached hydrogen (secondary N) is 1. The molecule has 0 unspecified atom stereocenters. The summed E-state index contributed by atoms with van der Waals surface area (Å²) in [5, 5.41) is 0. The highest BCUT2D eigenvalue weighted by Gasteiger charge is 2.30. The summed E-state index contributed by atoms with van der Waals surface area (Å²) in [7, 11) is 2.07. The average Bonchev–Trinajstić information content (AvgIpc) is 2.53. The lowest BCUT2D eigenvalue weighted by Gasteiger charge is -2.38. The summed E-state index contributed by atoms with van der Waals surface area (Å²) >= 11 is 0. The number of rotatable bonds is 2. The van der Waals surface area contributed by atoms with Crippen LogP contribution in [0.3, 0.4) is 0 Å². The molecule has 8 nitrogen and oxygen atoms in total. The number of nitrogens with two attached hydrogens (primary N) is 1. The summed E-state index contributed by atoms with van der Waals surface area (Å²) in [6.45, 7) is 4.59. The van der Waals surface area contributed by atoms with Crippen LogP contribution in [0.1, 0.15) is 12.8 Å². The van der Waals surface area contributed by atoms with E-state index in [2.05, 4.69) is 21.9 Å². The van der Waals surface area contributed by atoms with E-state index in [0.29, 0.717) is 32.0 Å². The Balaban J connectivity index is 1.59. The molecule has 0 aliphatic carbocycles. The van der Waals surface area contributed by atoms with Gasteiger partial charge in [0.05, 0.1) is 5.92 Å². The van der Waals surface area contributed by atoms with Crippen LogP contribution in [0.5, 0.6) is 0 Å². The number of H-pyrrole nitrogens is 1. The lowest BCUT2D eigenvalue weighted by atomic mass is 9.96. The molecule has 0 aromatic carbocycles. The molecular formula is C15H24N6O2. The number of carbonyl (C=O) groups is 1. The van der Waals surface area contributed by atoms with Crippen molar-refractivity contribution in [1.29, 1.82) is 0 Å². The third-order valence-corrected chi connectivity index (χ3v) is 4.64. The number of aromatic amines is 1. The average molecular weight is 320 g/mol. The Kier molecular flexibility index (Phi) is 4.51. The number of likely N-dealkylation sites (tertiary alicyclic amines) is 1. The molecule has 1 aromatic rings. The maximum absolute atomic E-state index is 12.6. The summed E-state index contributed by atoms with van der Waals surface area (Å²) in [6, 6.07) is 1.45. The maximum Gasteiger partial charge on any atom is 0.254 e. The number of hydrogen-bond donors (Lipinski definition) is 2. The molecule has 3 N–H and O–H groups in total. The largest absolute Gasteiger partial charge is 0.369 e. The zero-order valence-corrected chi connectivity index (χ0v) is 13.5. The van der Waals surface area contributed by atoms with Crippen molar-refractivity contribution in [3.8, 4) is 0 Å². The topological polar surface area (TPSA) is 98.6 Å². The number of piperazine rings is 1. The zero-order chi connectivity index (χ0) is 16.4. The molecule has 3 rings (SSSR count). The molecule has 0 spiro atoms. The van der Waals surface area contributed by atoms with Gasteiger partial charge in [-0.05, 0) is 26.4 Å². The predicted molar refractivity (Wildman–Crippen MR) is 88.3 cm³/mol. The van der Waals surface area contributed by atoms with Gasteiger partial charge >= 0.3 is 0 Å². The van der Waals surface area contributed by atoms with Crippen LogP contribution in [-0.4, -0.2) is 72.0 Å². The van der Waals surface area contributed by atoms with E-state index < -0.39 is 0 Å². The van der Waals surface area contributed by atoms with Gasteiger partial charge in [0.25, 0.3) is 5.56 Å². The second-order valence-corrected chi connectivity index (χ2v) is 6.40. The van der Waals surface area contributed by atoms with E-state index in [9.17, 15) is 9.59 Å². The molecule has 1 atom stereocenters. The molecule has 2 aliphatic rings. The van der Waals surface area contributed by atoms with Gasteiger partial charge in [-0.1, -0.05) is 0 Å². The Hall–Kier alpha value is -2.09. The lowest BCUT2D eigenvalue weighted by molar-refractivity contribution is -0.137. The number of nitrogens with zero attached hydrogens (tertiary/aromatic N) is 4. The molecular weight excluding hydrogens is 296 g/mol. The van der Waals surface area contributed by atoms with Gasteiger partial charge in [0.1, 0.15) is 5.82 Å². The molecule has 126 valence electrons. The van der Waals surface area contributed by atoms with Crippen LogP contribution in [0.4, 0.5) is 11.8 Å². The SMILES string of the molecule is CN1CCC[C@@H](C(=O)N2CCN(c3cc(=O)[nH]c(N)n3)CC2)C1. The highest BCUT2D eigenvalue weighted by atomic mass is 16.2. The molecule has 1 aromatic heterocycles. The van der Waals surface area contributed by atoms with Gasteiger partial charge in [0, 0.05) is 38.8 Å². The molecule has 8 heteroatoms. The molecule has 2 saturated heterocycles. The van der Waals surface area contributed by atoms with E-state index >= 15 is 0 Å². The van der Waals surface area contributed by atoms with E-state index in [1.54, 1.807) is 0 Å². The lowest BCUT2D eigenvalue weighted by Crippen LogP contribution is -2.52. The Morgan fingerprint density at radius 3 is 2.70 bits per heavy atom. The monoisotopic (exact) mass is 320 g/mol. The number of aromatic nitrogens is 2. The molecule has 0 bridgehead atoms. The third kappa shape index (κ3) is 3.64. The summed E-state index contributed by atoms with van der Waals surface area (Å²) in [5.41, 5.74) is 5.34. The first-order valence-corrected chi connectivity index (χ1v) is 8.12. The van der Waals surface area contributed by atoms with E-state index in [1.165, 1.54) is 6.07 Å². The van der Waals surface area contributed by atoms with Crippen LogP contribution in [0.25, 0.3) is 0 Å². The maximum atomic E-state index is 12.6. The van der Waals surface area contributed by atoms with Gasteiger partial charge in [-0.25, -0.2) is 0 Å². The smallest absolute Gasteiger partial charge is 0.254 e. The van der Waals surface area contributed by atoms with Gasteiger partial charge < -0.3 is 20.4 Å². The first kappa shape index (κ1) is 15.8. The summed E-state index contributed by atoms with van der Waals surface area (Å²) in [4.78, 5) is 36.9. The first-order valence-electron chi connectivity index (χ1n) is 8.12. The molecule has 0 saturated carbocycles. The van der Waals surface area contributed by atoms with Crippen LogP contribution >= 0.6 is 0 Å². The molecule has 2 aliphatic heterocycles. The zero-order valence-electron chi connectivity index (χ0n) is 13.5. The van der Waals surface area contributed by atoms with Gasteiger partial charge in [0.2, 0.25) is 11.9 Å². The minimum atomic E-state index is -0.253. The summed E-state index contributed by atoms with van der Waals surface area (Å²) < 4.78 is 0. The van der Waals surface area contributed by atoms with E-state index in [-0.39, 0.29) is 23.3 Å². The fraction of sp³-hybridized carbons (Fsp3) is 0.667. The molecule has 1 amide bonds. The van der Waals surface area contributed by atoms with Crippen LogP contribution in [0.2, 0.25) is 0 Å². The van der Waals surface area contributed by atoms with Crippen molar-refractivity contribution >= 4 is 17.7 Å². The number of hydrogen-bond acceptors (Lipinski definition) is 6. The number of amides is 1. The Morgan fingerprint density at radius 2 is 2.04 bits per heavy atom. The van der Waals surface area contributed by atoms with Crippen LogP contribution in [0.15, 0.2) is 10.9 Å². The highest BCUT2D eigenvalue weighted by molar-refractivity contribution is 5.79. The molecule has 3 heterocycles.